The summed E-state index contributed by atoms with van der Waals surface area (Å²) in [5, 5.41) is 0. The van der Waals surface area contributed by atoms with Gasteiger partial charge < -0.3 is 14.4 Å². The van der Waals surface area contributed by atoms with Crippen LogP contribution in [0.4, 0.5) is 5.69 Å². The highest BCUT2D eigenvalue weighted by molar-refractivity contribution is 6.13. The van der Waals surface area contributed by atoms with E-state index in [-0.39, 0.29) is 10.8 Å². The average molecular weight is 310 g/mol. The highest BCUT2D eigenvalue weighted by atomic mass is 28.1. The van der Waals surface area contributed by atoms with Gasteiger partial charge in [0.25, 0.3) is 0 Å². The van der Waals surface area contributed by atoms with Crippen molar-refractivity contribution in [2.45, 2.75) is 39.0 Å². The lowest BCUT2D eigenvalue weighted by molar-refractivity contribution is -0.149. The van der Waals surface area contributed by atoms with Crippen LogP contribution in [0.1, 0.15) is 33.6 Å². The Morgan fingerprint density at radius 2 is 1.62 bits per heavy atom. The SMILES string of the molecule is CCN(CC(C)(C)CCC([SiH3])(OC)OC)c1ccccc1. The monoisotopic (exact) mass is 309 g/mol. The zero-order chi connectivity index (χ0) is 15.9. The van der Waals surface area contributed by atoms with E-state index < -0.39 is 0 Å². The van der Waals surface area contributed by atoms with E-state index in [0.29, 0.717) is 0 Å². The summed E-state index contributed by atoms with van der Waals surface area (Å²) in [5.74, 6) is 0. The minimum atomic E-state index is -0.346. The molecule has 1 aromatic carbocycles. The predicted molar refractivity (Wildman–Crippen MR) is 94.0 cm³/mol. The van der Waals surface area contributed by atoms with Gasteiger partial charge in [0.15, 0.2) is 0 Å². The number of benzene rings is 1. The molecular weight excluding hydrogens is 278 g/mol. The van der Waals surface area contributed by atoms with Gasteiger partial charge >= 0.3 is 0 Å². The third-order valence-electron chi connectivity index (χ3n) is 4.24. The van der Waals surface area contributed by atoms with Crippen molar-refractivity contribution in [3.63, 3.8) is 0 Å². The summed E-state index contributed by atoms with van der Waals surface area (Å²) in [4.78, 5) is 2.44. The first-order chi connectivity index (χ1) is 9.86. The van der Waals surface area contributed by atoms with E-state index in [1.807, 2.05) is 0 Å². The smallest absolute Gasteiger partial charge is 0.140 e. The highest BCUT2D eigenvalue weighted by Crippen LogP contribution is 2.29. The molecule has 0 amide bonds. The van der Waals surface area contributed by atoms with E-state index >= 15 is 0 Å². The fourth-order valence-corrected chi connectivity index (χ4v) is 2.72. The minimum absolute atomic E-state index is 0.221. The molecule has 0 aliphatic rings. The van der Waals surface area contributed by atoms with Crippen molar-refractivity contribution >= 4 is 15.9 Å². The van der Waals surface area contributed by atoms with E-state index in [4.69, 9.17) is 9.47 Å². The molecule has 0 spiro atoms. The van der Waals surface area contributed by atoms with Crippen molar-refractivity contribution in [2.75, 3.05) is 32.2 Å². The molecule has 0 atom stereocenters. The van der Waals surface area contributed by atoms with Gasteiger partial charge in [0.2, 0.25) is 0 Å². The van der Waals surface area contributed by atoms with Gasteiger partial charge in [0.1, 0.15) is 5.41 Å². The van der Waals surface area contributed by atoms with Gasteiger partial charge in [-0.3, -0.25) is 0 Å². The second-order valence-corrected chi connectivity index (χ2v) is 8.08. The molecule has 0 aliphatic carbocycles. The third-order valence-corrected chi connectivity index (χ3v) is 5.56. The molecule has 120 valence electrons. The molecule has 4 heteroatoms. The average Bonchev–Trinajstić information content (AvgIpc) is 2.51. The molecule has 21 heavy (non-hydrogen) atoms. The Morgan fingerprint density at radius 3 is 2.10 bits per heavy atom. The van der Waals surface area contributed by atoms with E-state index in [0.717, 1.165) is 36.2 Å². The first kappa shape index (κ1) is 18.2. The van der Waals surface area contributed by atoms with E-state index in [9.17, 15) is 0 Å². The van der Waals surface area contributed by atoms with Gasteiger partial charge in [0, 0.05) is 33.0 Å². The summed E-state index contributed by atoms with van der Waals surface area (Å²) < 4.78 is 11.0. The van der Waals surface area contributed by atoms with Gasteiger partial charge in [-0.15, -0.1) is 0 Å². The van der Waals surface area contributed by atoms with Crippen molar-refractivity contribution in [2.24, 2.45) is 5.41 Å². The van der Waals surface area contributed by atoms with Crippen LogP contribution in [0.25, 0.3) is 0 Å². The molecule has 0 heterocycles. The number of hydrogen-bond acceptors (Lipinski definition) is 3. The summed E-state index contributed by atoms with van der Waals surface area (Å²) in [6.07, 6.45) is 2.03. The Balaban J connectivity index is 2.65. The zero-order valence-corrected chi connectivity index (χ0v) is 16.5. The first-order valence-electron chi connectivity index (χ1n) is 7.76. The number of rotatable bonds is 9. The second-order valence-electron chi connectivity index (χ2n) is 6.56. The summed E-state index contributed by atoms with van der Waals surface area (Å²) in [5.41, 5.74) is 1.17. The molecule has 3 nitrogen and oxygen atoms in total. The molecule has 1 aromatic rings. The summed E-state index contributed by atoms with van der Waals surface area (Å²) in [6, 6.07) is 10.6. The molecule has 0 saturated carbocycles. The van der Waals surface area contributed by atoms with Crippen molar-refractivity contribution in [1.29, 1.82) is 0 Å². The second kappa shape index (κ2) is 7.97. The van der Waals surface area contributed by atoms with E-state index in [1.54, 1.807) is 14.2 Å². The van der Waals surface area contributed by atoms with Crippen LogP contribution in [0.5, 0.6) is 0 Å². The summed E-state index contributed by atoms with van der Waals surface area (Å²) in [6.45, 7) is 8.93. The lowest BCUT2D eigenvalue weighted by Gasteiger charge is -2.36. The molecule has 0 aromatic heterocycles. The van der Waals surface area contributed by atoms with Crippen molar-refractivity contribution < 1.29 is 9.47 Å². The fourth-order valence-electron chi connectivity index (χ4n) is 2.47. The Kier molecular flexibility index (Phi) is 6.91. The number of anilines is 1. The molecule has 0 radical (unpaired) electrons. The van der Waals surface area contributed by atoms with E-state index in [2.05, 4.69) is 56.0 Å². The fraction of sp³-hybridized carbons (Fsp3) is 0.647. The molecule has 0 unspecified atom stereocenters. The zero-order valence-electron chi connectivity index (χ0n) is 14.5. The van der Waals surface area contributed by atoms with Gasteiger partial charge in [-0.25, -0.2) is 0 Å². The number of methoxy groups -OCH3 is 2. The number of hydrogen-bond donors (Lipinski definition) is 0. The maximum absolute atomic E-state index is 5.52. The topological polar surface area (TPSA) is 21.7 Å². The van der Waals surface area contributed by atoms with Crippen LogP contribution in [0.3, 0.4) is 0 Å². The Hall–Kier alpha value is -0.843. The highest BCUT2D eigenvalue weighted by Gasteiger charge is 2.28. The lowest BCUT2D eigenvalue weighted by Crippen LogP contribution is -2.39. The molecule has 0 saturated heterocycles. The van der Waals surface area contributed by atoms with Crippen LogP contribution < -0.4 is 4.90 Å². The standard InChI is InChI=1S/C17H31NO2Si/c1-6-18(15-10-8-7-9-11-15)14-16(2,3)12-13-17(21,19-4)20-5/h7-11H,6,12-14H2,1-5,21H3. The summed E-state index contributed by atoms with van der Waals surface area (Å²) >= 11 is 0. The van der Waals surface area contributed by atoms with Crippen molar-refractivity contribution in [3.8, 4) is 0 Å². The van der Waals surface area contributed by atoms with Crippen LogP contribution in [-0.4, -0.2) is 43.0 Å². The Morgan fingerprint density at radius 1 is 1.05 bits per heavy atom. The summed E-state index contributed by atoms with van der Waals surface area (Å²) in [7, 11) is 4.36. The van der Waals surface area contributed by atoms with Crippen LogP contribution in [0.2, 0.25) is 0 Å². The Labute approximate surface area is 133 Å². The predicted octanol–water partition coefficient (Wildman–Crippen LogP) is 2.63. The minimum Gasteiger partial charge on any atom is -0.371 e. The molecule has 0 N–H and O–H groups in total. The number of ether oxygens (including phenoxy) is 2. The van der Waals surface area contributed by atoms with Gasteiger partial charge in [0.05, 0.1) is 10.2 Å². The molecule has 0 aliphatic heterocycles. The molecule has 0 bridgehead atoms. The van der Waals surface area contributed by atoms with Gasteiger partial charge in [-0.2, -0.15) is 0 Å². The maximum Gasteiger partial charge on any atom is 0.140 e. The molecule has 0 fully saturated rings. The van der Waals surface area contributed by atoms with Crippen LogP contribution in [0, 0.1) is 5.41 Å². The van der Waals surface area contributed by atoms with Crippen LogP contribution >= 0.6 is 0 Å². The van der Waals surface area contributed by atoms with Crippen LogP contribution in [-0.2, 0) is 9.47 Å². The normalized spacial score (nSPS) is 12.6. The third kappa shape index (κ3) is 5.81. The van der Waals surface area contributed by atoms with E-state index in [1.165, 1.54) is 5.69 Å². The van der Waals surface area contributed by atoms with Gasteiger partial charge in [-0.1, -0.05) is 32.0 Å². The molecule has 1 rings (SSSR count). The quantitative estimate of drug-likeness (QED) is 0.517. The maximum atomic E-state index is 5.52. The number of nitrogens with zero attached hydrogens (tertiary/aromatic N) is 1. The molecular formula is C17H31NO2Si. The first-order valence-corrected chi connectivity index (χ1v) is 8.76. The van der Waals surface area contributed by atoms with Crippen molar-refractivity contribution in [1.82, 2.24) is 0 Å². The number of para-hydroxylation sites is 1. The largest absolute Gasteiger partial charge is 0.371 e. The van der Waals surface area contributed by atoms with Crippen LogP contribution in [0.15, 0.2) is 30.3 Å². The van der Waals surface area contributed by atoms with Gasteiger partial charge in [-0.05, 0) is 37.3 Å². The Bertz CT molecular complexity index is 405. The lowest BCUT2D eigenvalue weighted by atomic mass is 9.86. The van der Waals surface area contributed by atoms with Crippen molar-refractivity contribution in [3.05, 3.63) is 30.3 Å².